The first-order chi connectivity index (χ1) is 9.08. The van der Waals surface area contributed by atoms with Crippen molar-refractivity contribution >= 4 is 11.8 Å². The van der Waals surface area contributed by atoms with Crippen molar-refractivity contribution in [2.75, 3.05) is 19.4 Å². The largest absolute Gasteiger partial charge is 0.494 e. The summed E-state index contributed by atoms with van der Waals surface area (Å²) in [6.45, 7) is 7.34. The molecular formula is C15H24FNOS. The molecule has 1 aromatic carbocycles. The predicted octanol–water partition coefficient (Wildman–Crippen LogP) is 3.50. The highest BCUT2D eigenvalue weighted by Crippen LogP contribution is 2.22. The Morgan fingerprint density at radius 3 is 2.68 bits per heavy atom. The summed E-state index contributed by atoms with van der Waals surface area (Å²) in [5.74, 6) is 1.08. The maximum Gasteiger partial charge on any atom is 0.168 e. The van der Waals surface area contributed by atoms with Crippen molar-refractivity contribution in [3.63, 3.8) is 0 Å². The van der Waals surface area contributed by atoms with Crippen molar-refractivity contribution in [3.8, 4) is 5.75 Å². The van der Waals surface area contributed by atoms with Gasteiger partial charge in [0.25, 0.3) is 0 Å². The molecule has 0 saturated heterocycles. The van der Waals surface area contributed by atoms with Crippen LogP contribution in [0.2, 0.25) is 0 Å². The Morgan fingerprint density at radius 2 is 2.11 bits per heavy atom. The molecule has 0 aliphatic carbocycles. The van der Waals surface area contributed by atoms with Crippen LogP contribution in [-0.4, -0.2) is 30.7 Å². The minimum atomic E-state index is -0.234. The van der Waals surface area contributed by atoms with E-state index in [-0.39, 0.29) is 5.82 Å². The van der Waals surface area contributed by atoms with Gasteiger partial charge in [0.1, 0.15) is 0 Å². The number of ether oxygens (including phenoxy) is 1. The highest BCUT2D eigenvalue weighted by atomic mass is 32.2. The number of halogens is 1. The molecule has 0 bridgehead atoms. The van der Waals surface area contributed by atoms with E-state index in [4.69, 9.17) is 4.74 Å². The molecule has 19 heavy (non-hydrogen) atoms. The average Bonchev–Trinajstić information content (AvgIpc) is 2.38. The van der Waals surface area contributed by atoms with Gasteiger partial charge >= 0.3 is 0 Å². The lowest BCUT2D eigenvalue weighted by Gasteiger charge is -2.19. The summed E-state index contributed by atoms with van der Waals surface area (Å²) in [5.41, 5.74) is 0.717. The van der Waals surface area contributed by atoms with Crippen molar-refractivity contribution in [3.05, 3.63) is 29.6 Å². The highest BCUT2D eigenvalue weighted by Gasteiger charge is 2.14. The van der Waals surface area contributed by atoms with Crippen LogP contribution in [-0.2, 0) is 6.42 Å². The molecule has 0 radical (unpaired) electrons. The molecule has 1 aromatic rings. The summed E-state index contributed by atoms with van der Waals surface area (Å²) < 4.78 is 19.1. The number of nitrogens with one attached hydrogen (secondary N) is 1. The maximum atomic E-state index is 14.1. The fourth-order valence-electron chi connectivity index (χ4n) is 1.92. The van der Waals surface area contributed by atoms with Crippen molar-refractivity contribution in [1.29, 1.82) is 0 Å². The van der Waals surface area contributed by atoms with E-state index in [9.17, 15) is 4.39 Å². The van der Waals surface area contributed by atoms with E-state index in [1.807, 2.05) is 23.9 Å². The average molecular weight is 285 g/mol. The quantitative estimate of drug-likeness (QED) is 0.790. The van der Waals surface area contributed by atoms with Crippen molar-refractivity contribution in [2.24, 2.45) is 0 Å². The molecule has 4 heteroatoms. The van der Waals surface area contributed by atoms with Gasteiger partial charge in [-0.3, -0.25) is 0 Å². The Kier molecular flexibility index (Phi) is 7.24. The minimum absolute atomic E-state index is 0.234. The first-order valence-electron chi connectivity index (χ1n) is 6.74. The summed E-state index contributed by atoms with van der Waals surface area (Å²) in [6, 6.07) is 5.63. The van der Waals surface area contributed by atoms with Gasteiger partial charge in [-0.25, -0.2) is 4.39 Å². The number of thioether (sulfide) groups is 1. The molecule has 0 heterocycles. The van der Waals surface area contributed by atoms with E-state index < -0.39 is 0 Å². The number of methoxy groups -OCH3 is 1. The first kappa shape index (κ1) is 16.3. The van der Waals surface area contributed by atoms with Crippen LogP contribution in [0.4, 0.5) is 4.39 Å². The second-order valence-electron chi connectivity index (χ2n) is 4.77. The minimum Gasteiger partial charge on any atom is -0.494 e. The zero-order chi connectivity index (χ0) is 14.3. The molecule has 0 amide bonds. The monoisotopic (exact) mass is 285 g/mol. The second-order valence-corrected chi connectivity index (χ2v) is 6.38. The molecule has 0 aromatic heterocycles. The summed E-state index contributed by atoms with van der Waals surface area (Å²) >= 11 is 1.90. The molecule has 1 N–H and O–H groups in total. The second kappa shape index (κ2) is 8.43. The lowest BCUT2D eigenvalue weighted by molar-refractivity contribution is 0.383. The third-order valence-corrected chi connectivity index (χ3v) is 4.11. The Bertz CT molecular complexity index is 384. The van der Waals surface area contributed by atoms with E-state index in [1.165, 1.54) is 7.11 Å². The predicted molar refractivity (Wildman–Crippen MR) is 81.7 cm³/mol. The summed E-state index contributed by atoms with van der Waals surface area (Å²) in [7, 11) is 1.50. The van der Waals surface area contributed by atoms with Gasteiger partial charge in [-0.2, -0.15) is 11.8 Å². The zero-order valence-electron chi connectivity index (χ0n) is 12.2. The van der Waals surface area contributed by atoms with Gasteiger partial charge in [0.15, 0.2) is 11.6 Å². The van der Waals surface area contributed by atoms with Crippen LogP contribution in [0.25, 0.3) is 0 Å². The Balaban J connectivity index is 2.72. The van der Waals surface area contributed by atoms with E-state index in [1.54, 1.807) is 6.07 Å². The van der Waals surface area contributed by atoms with Gasteiger partial charge in [-0.05, 0) is 29.8 Å². The Morgan fingerprint density at radius 1 is 1.37 bits per heavy atom. The van der Waals surface area contributed by atoms with Crippen LogP contribution in [0, 0.1) is 5.82 Å². The van der Waals surface area contributed by atoms with Gasteiger partial charge in [0, 0.05) is 11.8 Å². The molecule has 0 saturated carbocycles. The molecule has 108 valence electrons. The molecule has 0 fully saturated rings. The SMILES string of the molecule is CCNC(CSC(C)C)Cc1cccc(OC)c1F. The summed E-state index contributed by atoms with van der Waals surface area (Å²) in [4.78, 5) is 0. The maximum absolute atomic E-state index is 14.1. The van der Waals surface area contributed by atoms with E-state index in [2.05, 4.69) is 26.1 Å². The normalized spacial score (nSPS) is 12.7. The molecule has 0 aliphatic rings. The fraction of sp³-hybridized carbons (Fsp3) is 0.600. The molecule has 1 rings (SSSR count). The summed E-state index contributed by atoms with van der Waals surface area (Å²) in [5, 5.41) is 4.02. The van der Waals surface area contributed by atoms with E-state index in [0.29, 0.717) is 23.5 Å². The van der Waals surface area contributed by atoms with Crippen molar-refractivity contribution in [2.45, 2.75) is 38.5 Å². The molecule has 0 spiro atoms. The Hall–Kier alpha value is -0.740. The van der Waals surface area contributed by atoms with Crippen LogP contribution >= 0.6 is 11.8 Å². The standard InChI is InChI=1S/C15H24FNOS/c1-5-17-13(10-19-11(2)3)9-12-7-6-8-14(18-4)15(12)16/h6-8,11,13,17H,5,9-10H2,1-4H3. The first-order valence-corrected chi connectivity index (χ1v) is 7.79. The van der Waals surface area contributed by atoms with Gasteiger partial charge in [0.2, 0.25) is 0 Å². The molecule has 1 atom stereocenters. The smallest absolute Gasteiger partial charge is 0.168 e. The topological polar surface area (TPSA) is 21.3 Å². The molecule has 0 aliphatic heterocycles. The molecule has 1 unspecified atom stereocenters. The van der Waals surface area contributed by atoms with Gasteiger partial charge in [-0.15, -0.1) is 0 Å². The third kappa shape index (κ3) is 5.41. The summed E-state index contributed by atoms with van der Waals surface area (Å²) in [6.07, 6.45) is 0.691. The van der Waals surface area contributed by atoms with Crippen LogP contribution in [0.1, 0.15) is 26.3 Å². The van der Waals surface area contributed by atoms with Gasteiger partial charge < -0.3 is 10.1 Å². The van der Waals surface area contributed by atoms with Crippen molar-refractivity contribution < 1.29 is 9.13 Å². The number of hydrogen-bond acceptors (Lipinski definition) is 3. The molecule has 2 nitrogen and oxygen atoms in total. The van der Waals surface area contributed by atoms with Crippen LogP contribution in [0.15, 0.2) is 18.2 Å². The van der Waals surface area contributed by atoms with Crippen molar-refractivity contribution in [1.82, 2.24) is 5.32 Å². The molecular weight excluding hydrogens is 261 g/mol. The lowest BCUT2D eigenvalue weighted by atomic mass is 10.1. The third-order valence-electron chi connectivity index (χ3n) is 2.85. The zero-order valence-corrected chi connectivity index (χ0v) is 13.0. The number of likely N-dealkylation sites (N-methyl/N-ethyl adjacent to an activating group) is 1. The van der Waals surface area contributed by atoms with Gasteiger partial charge in [-0.1, -0.05) is 32.9 Å². The highest BCUT2D eigenvalue weighted by molar-refractivity contribution is 7.99. The van der Waals surface area contributed by atoms with Crippen LogP contribution in [0.3, 0.4) is 0 Å². The number of hydrogen-bond donors (Lipinski definition) is 1. The van der Waals surface area contributed by atoms with Crippen LogP contribution in [0.5, 0.6) is 5.75 Å². The van der Waals surface area contributed by atoms with E-state index in [0.717, 1.165) is 17.9 Å². The van der Waals surface area contributed by atoms with Gasteiger partial charge in [0.05, 0.1) is 7.11 Å². The Labute approximate surface area is 120 Å². The lowest BCUT2D eigenvalue weighted by Crippen LogP contribution is -2.34. The number of rotatable bonds is 8. The number of benzene rings is 1. The van der Waals surface area contributed by atoms with Crippen LogP contribution < -0.4 is 10.1 Å². The fourth-order valence-corrected chi connectivity index (χ4v) is 2.78. The van der Waals surface area contributed by atoms with E-state index >= 15 is 0 Å².